The molecule has 0 bridgehead atoms. The summed E-state index contributed by atoms with van der Waals surface area (Å²) in [4.78, 5) is 0. The van der Waals surface area contributed by atoms with Gasteiger partial charge in [0.2, 0.25) is 0 Å². The minimum Gasteiger partial charge on any atom is -0.403 e. The molecule has 3 aromatic rings. The summed E-state index contributed by atoms with van der Waals surface area (Å²) >= 11 is 0. The molecule has 0 radical (unpaired) electrons. The number of hydrogen-bond donors (Lipinski definition) is 0. The Morgan fingerprint density at radius 1 is 0.688 bits per heavy atom. The fraction of sp³-hybridized carbons (Fsp3) is 0.308. The highest BCUT2D eigenvalue weighted by atomic mass is 19.4. The normalized spacial score (nSPS) is 11.6. The van der Waals surface area contributed by atoms with Crippen LogP contribution >= 0.6 is 0 Å². The van der Waals surface area contributed by atoms with Crippen LogP contribution < -0.4 is 4.74 Å². The van der Waals surface area contributed by atoms with Crippen molar-refractivity contribution < 1.29 is 26.7 Å². The summed E-state index contributed by atoms with van der Waals surface area (Å²) in [6.45, 7) is 2.19. The molecule has 0 saturated heterocycles. The average Bonchev–Trinajstić information content (AvgIpc) is 2.75. The molecular weight excluding hydrogens is 423 g/mol. The van der Waals surface area contributed by atoms with Crippen LogP contribution in [0.2, 0.25) is 0 Å². The molecule has 0 N–H and O–H groups in total. The Bertz CT molecular complexity index is 1030. The molecule has 0 unspecified atom stereocenters. The third-order valence-corrected chi connectivity index (χ3v) is 5.29. The third kappa shape index (κ3) is 6.55. The number of rotatable bonds is 9. The number of aryl methyl sites for hydroxylation is 1. The molecule has 32 heavy (non-hydrogen) atoms. The predicted molar refractivity (Wildman–Crippen MR) is 116 cm³/mol. The summed E-state index contributed by atoms with van der Waals surface area (Å²) < 4.78 is 69.3. The number of unbranched alkanes of at least 4 members (excludes halogenated alkanes) is 4. The lowest BCUT2D eigenvalue weighted by atomic mass is 9.98. The van der Waals surface area contributed by atoms with Gasteiger partial charge in [-0.25, -0.2) is 8.78 Å². The van der Waals surface area contributed by atoms with E-state index in [1.165, 1.54) is 43.4 Å². The van der Waals surface area contributed by atoms with Crippen LogP contribution in [0.15, 0.2) is 60.7 Å². The Kier molecular flexibility index (Phi) is 7.89. The minimum absolute atomic E-state index is 0.251. The molecule has 0 fully saturated rings. The van der Waals surface area contributed by atoms with Gasteiger partial charge in [-0.05, 0) is 53.3 Å². The highest BCUT2D eigenvalue weighted by molar-refractivity contribution is 5.71. The summed E-state index contributed by atoms with van der Waals surface area (Å²) in [7, 11) is 0. The zero-order valence-corrected chi connectivity index (χ0v) is 17.8. The van der Waals surface area contributed by atoms with Crippen molar-refractivity contribution in [3.63, 3.8) is 0 Å². The Morgan fingerprint density at radius 3 is 1.88 bits per heavy atom. The van der Waals surface area contributed by atoms with Gasteiger partial charge in [-0.3, -0.25) is 0 Å². The molecule has 6 heteroatoms. The number of ether oxygens (including phenoxy) is 1. The zero-order chi connectivity index (χ0) is 23.1. The molecule has 0 spiro atoms. The molecule has 0 aliphatic carbocycles. The van der Waals surface area contributed by atoms with Crippen LogP contribution in [-0.4, -0.2) is 6.36 Å². The molecule has 0 saturated carbocycles. The van der Waals surface area contributed by atoms with E-state index in [1.54, 1.807) is 12.1 Å². The molecule has 0 aliphatic heterocycles. The fourth-order valence-corrected chi connectivity index (χ4v) is 3.60. The first-order valence-corrected chi connectivity index (χ1v) is 10.7. The minimum atomic E-state index is -4.99. The lowest BCUT2D eigenvalue weighted by Crippen LogP contribution is -2.17. The predicted octanol–water partition coefficient (Wildman–Crippen LogP) is 8.71. The van der Waals surface area contributed by atoms with Crippen molar-refractivity contribution in [2.24, 2.45) is 0 Å². The van der Waals surface area contributed by atoms with Gasteiger partial charge in [-0.1, -0.05) is 75.1 Å². The van der Waals surface area contributed by atoms with Gasteiger partial charge in [-0.2, -0.15) is 0 Å². The van der Waals surface area contributed by atoms with E-state index in [2.05, 4.69) is 11.7 Å². The molecule has 1 nitrogen and oxygen atoms in total. The van der Waals surface area contributed by atoms with Gasteiger partial charge in [0.15, 0.2) is 11.6 Å². The number of alkyl halides is 3. The standard InChI is InChI=1S/C26H25F5O/c1-2-3-4-5-6-7-18-8-10-19(11-9-18)22-14-12-20(16-23(22)27)21-13-15-25(24(28)17-21)32-26(29,30)31/h8-17H,2-7H2,1H3. The van der Waals surface area contributed by atoms with E-state index in [0.717, 1.165) is 30.5 Å². The maximum atomic E-state index is 14.8. The van der Waals surface area contributed by atoms with E-state index in [9.17, 15) is 22.0 Å². The number of benzene rings is 3. The lowest BCUT2D eigenvalue weighted by Gasteiger charge is -2.11. The quantitative estimate of drug-likeness (QED) is 0.235. The number of hydrogen-bond acceptors (Lipinski definition) is 1. The van der Waals surface area contributed by atoms with E-state index in [0.29, 0.717) is 11.1 Å². The molecule has 3 rings (SSSR count). The van der Waals surface area contributed by atoms with Crippen LogP contribution in [0, 0.1) is 11.6 Å². The smallest absolute Gasteiger partial charge is 0.403 e. The second kappa shape index (κ2) is 10.6. The van der Waals surface area contributed by atoms with E-state index in [-0.39, 0.29) is 5.56 Å². The Balaban J connectivity index is 1.71. The van der Waals surface area contributed by atoms with Gasteiger partial charge >= 0.3 is 6.36 Å². The van der Waals surface area contributed by atoms with Crippen LogP contribution in [0.4, 0.5) is 22.0 Å². The van der Waals surface area contributed by atoms with Crippen molar-refractivity contribution in [1.29, 1.82) is 0 Å². The van der Waals surface area contributed by atoms with E-state index in [4.69, 9.17) is 0 Å². The molecule has 170 valence electrons. The topological polar surface area (TPSA) is 9.23 Å². The molecule has 0 aromatic heterocycles. The highest BCUT2D eigenvalue weighted by Gasteiger charge is 2.32. The Hall–Kier alpha value is -2.89. The molecule has 0 amide bonds. The molecule has 0 aliphatic rings. The van der Waals surface area contributed by atoms with Crippen LogP contribution in [0.3, 0.4) is 0 Å². The van der Waals surface area contributed by atoms with E-state index < -0.39 is 23.7 Å². The summed E-state index contributed by atoms with van der Waals surface area (Å²) in [5, 5.41) is 0. The largest absolute Gasteiger partial charge is 0.573 e. The SMILES string of the molecule is CCCCCCCc1ccc(-c2ccc(-c3ccc(OC(F)(F)F)c(F)c3)cc2F)cc1. The summed E-state index contributed by atoms with van der Waals surface area (Å²) in [6.07, 6.45) is 2.05. The van der Waals surface area contributed by atoms with Gasteiger partial charge in [0.05, 0.1) is 0 Å². The molecular formula is C26H25F5O. The van der Waals surface area contributed by atoms with Crippen molar-refractivity contribution in [2.75, 3.05) is 0 Å². The van der Waals surface area contributed by atoms with Crippen molar-refractivity contribution >= 4 is 0 Å². The monoisotopic (exact) mass is 448 g/mol. The maximum absolute atomic E-state index is 14.8. The fourth-order valence-electron chi connectivity index (χ4n) is 3.60. The first-order valence-electron chi connectivity index (χ1n) is 10.7. The van der Waals surface area contributed by atoms with Crippen molar-refractivity contribution in [3.05, 3.63) is 77.9 Å². The molecule has 3 aromatic carbocycles. The second-order valence-electron chi connectivity index (χ2n) is 7.75. The Labute approximate surface area is 184 Å². The van der Waals surface area contributed by atoms with Gasteiger partial charge < -0.3 is 4.74 Å². The van der Waals surface area contributed by atoms with E-state index >= 15 is 0 Å². The van der Waals surface area contributed by atoms with Crippen LogP contribution in [0.5, 0.6) is 5.75 Å². The van der Waals surface area contributed by atoms with Crippen LogP contribution in [-0.2, 0) is 6.42 Å². The van der Waals surface area contributed by atoms with Crippen LogP contribution in [0.1, 0.15) is 44.6 Å². The molecule has 0 atom stereocenters. The van der Waals surface area contributed by atoms with E-state index in [1.807, 2.05) is 24.3 Å². The van der Waals surface area contributed by atoms with Crippen molar-refractivity contribution in [3.8, 4) is 28.0 Å². The van der Waals surface area contributed by atoms with Gasteiger partial charge in [0.1, 0.15) is 5.82 Å². The van der Waals surface area contributed by atoms with Crippen molar-refractivity contribution in [1.82, 2.24) is 0 Å². The summed E-state index contributed by atoms with van der Waals surface area (Å²) in [6, 6.07) is 15.2. The van der Waals surface area contributed by atoms with Gasteiger partial charge in [0.25, 0.3) is 0 Å². The van der Waals surface area contributed by atoms with Crippen LogP contribution in [0.25, 0.3) is 22.3 Å². The molecule has 0 heterocycles. The first kappa shape index (κ1) is 23.8. The maximum Gasteiger partial charge on any atom is 0.573 e. The lowest BCUT2D eigenvalue weighted by molar-refractivity contribution is -0.275. The third-order valence-electron chi connectivity index (χ3n) is 5.29. The van der Waals surface area contributed by atoms with Crippen molar-refractivity contribution in [2.45, 2.75) is 51.8 Å². The van der Waals surface area contributed by atoms with Gasteiger partial charge in [-0.15, -0.1) is 13.2 Å². The first-order chi connectivity index (χ1) is 15.3. The summed E-state index contributed by atoms with van der Waals surface area (Å²) in [5.74, 6) is -2.59. The Morgan fingerprint density at radius 2 is 1.28 bits per heavy atom. The number of halogens is 5. The summed E-state index contributed by atoms with van der Waals surface area (Å²) in [5.41, 5.74) is 2.94. The second-order valence-corrected chi connectivity index (χ2v) is 7.75. The zero-order valence-electron chi connectivity index (χ0n) is 17.8. The highest BCUT2D eigenvalue weighted by Crippen LogP contribution is 2.32. The van der Waals surface area contributed by atoms with Gasteiger partial charge in [0, 0.05) is 5.56 Å². The average molecular weight is 448 g/mol.